The molecule has 0 aliphatic rings. The van der Waals surface area contributed by atoms with Crippen LogP contribution in [0.1, 0.15) is 0 Å². The van der Waals surface area contributed by atoms with Crippen molar-refractivity contribution in [2.75, 3.05) is 37.2 Å². The minimum absolute atomic E-state index is 0.0979. The van der Waals surface area contributed by atoms with Gasteiger partial charge >= 0.3 is 0 Å². The molecule has 0 atom stereocenters. The van der Waals surface area contributed by atoms with Gasteiger partial charge in [-0.1, -0.05) is 23.1 Å². The van der Waals surface area contributed by atoms with Gasteiger partial charge in [0.15, 0.2) is 10.8 Å². The molecular weight excluding hydrogens is 358 g/mol. The Morgan fingerprint density at radius 3 is 2.72 bits per heavy atom. The number of hydrogen-bond acceptors (Lipinski definition) is 8. The number of thioether (sulfide) groups is 1. The van der Waals surface area contributed by atoms with E-state index in [0.29, 0.717) is 5.65 Å². The molecule has 1 N–H and O–H groups in total. The fraction of sp³-hybridized carbons (Fsp3) is 0.250. The maximum Gasteiger partial charge on any atom is 0.234 e. The number of rotatable bonds is 6. The van der Waals surface area contributed by atoms with Crippen molar-refractivity contribution in [2.24, 2.45) is 0 Å². The lowest BCUT2D eigenvalue weighted by atomic mass is 10.3. The van der Waals surface area contributed by atoms with E-state index in [4.69, 9.17) is 4.74 Å². The highest BCUT2D eigenvalue weighted by Crippen LogP contribution is 2.32. The van der Waals surface area contributed by atoms with Crippen molar-refractivity contribution in [3.8, 4) is 5.75 Å². The lowest BCUT2D eigenvalue weighted by Crippen LogP contribution is -2.14. The summed E-state index contributed by atoms with van der Waals surface area (Å²) in [5, 5.41) is 4.48. The van der Waals surface area contributed by atoms with Gasteiger partial charge in [-0.25, -0.2) is 9.97 Å². The summed E-state index contributed by atoms with van der Waals surface area (Å²) in [5.41, 5.74) is 1.38. The van der Waals surface area contributed by atoms with Gasteiger partial charge < -0.3 is 15.0 Å². The Hall–Kier alpha value is -2.39. The lowest BCUT2D eigenvalue weighted by Gasteiger charge is -2.06. The first kappa shape index (κ1) is 17.4. The molecule has 0 bridgehead atoms. The Labute approximate surface area is 153 Å². The summed E-state index contributed by atoms with van der Waals surface area (Å²) in [4.78, 5) is 27.0. The molecule has 0 spiro atoms. The van der Waals surface area contributed by atoms with Gasteiger partial charge in [0.1, 0.15) is 21.8 Å². The monoisotopic (exact) mass is 375 g/mol. The Morgan fingerprint density at radius 2 is 2.04 bits per heavy atom. The summed E-state index contributed by atoms with van der Waals surface area (Å²) in [7, 11) is 5.47. The van der Waals surface area contributed by atoms with Crippen molar-refractivity contribution in [3.05, 3.63) is 30.6 Å². The lowest BCUT2D eigenvalue weighted by molar-refractivity contribution is -0.113. The number of fused-ring (bicyclic) bond motifs is 1. The minimum atomic E-state index is -0.0979. The zero-order chi connectivity index (χ0) is 17.8. The highest BCUT2D eigenvalue weighted by atomic mass is 32.2. The largest absolute Gasteiger partial charge is 0.497 e. The molecule has 0 unspecified atom stereocenters. The number of benzene rings is 1. The molecule has 0 aliphatic carbocycles. The van der Waals surface area contributed by atoms with Crippen LogP contribution in [0.2, 0.25) is 0 Å². The quantitative estimate of drug-likeness (QED) is 0.524. The van der Waals surface area contributed by atoms with Crippen LogP contribution in [-0.4, -0.2) is 47.8 Å². The van der Waals surface area contributed by atoms with Crippen LogP contribution in [0.5, 0.6) is 5.75 Å². The molecule has 0 saturated carbocycles. The number of nitrogens with one attached hydrogen (secondary N) is 1. The molecule has 1 amide bonds. The maximum atomic E-state index is 12.2. The fourth-order valence-corrected chi connectivity index (χ4v) is 3.83. The van der Waals surface area contributed by atoms with Crippen LogP contribution < -0.4 is 15.0 Å². The number of ether oxygens (including phenoxy) is 1. The van der Waals surface area contributed by atoms with Gasteiger partial charge in [-0.2, -0.15) is 4.98 Å². The smallest absolute Gasteiger partial charge is 0.234 e. The van der Waals surface area contributed by atoms with Gasteiger partial charge in [0.2, 0.25) is 5.91 Å². The van der Waals surface area contributed by atoms with Crippen molar-refractivity contribution in [1.29, 1.82) is 0 Å². The molecule has 7 nitrogen and oxygen atoms in total. The Morgan fingerprint density at radius 1 is 1.28 bits per heavy atom. The average Bonchev–Trinajstić information content (AvgIpc) is 3.06. The number of nitrogens with zero attached hydrogens (tertiary/aromatic N) is 4. The Kier molecular flexibility index (Phi) is 5.34. The van der Waals surface area contributed by atoms with Gasteiger partial charge in [0, 0.05) is 19.8 Å². The van der Waals surface area contributed by atoms with E-state index in [2.05, 4.69) is 20.3 Å². The molecule has 3 aromatic rings. The molecule has 2 heterocycles. The third-order valence-corrected chi connectivity index (χ3v) is 5.58. The van der Waals surface area contributed by atoms with E-state index in [1.807, 2.05) is 19.0 Å². The number of amides is 1. The third kappa shape index (κ3) is 4.18. The number of carbonyl (C=O) groups is 1. The van der Waals surface area contributed by atoms with Gasteiger partial charge in [-0.3, -0.25) is 4.79 Å². The minimum Gasteiger partial charge on any atom is -0.497 e. The molecule has 0 fully saturated rings. The first-order valence-corrected chi connectivity index (χ1v) is 9.22. The normalized spacial score (nSPS) is 10.7. The number of hydrogen-bond donors (Lipinski definition) is 1. The van der Waals surface area contributed by atoms with E-state index in [0.717, 1.165) is 26.3 Å². The average molecular weight is 375 g/mol. The third-order valence-electron chi connectivity index (χ3n) is 3.24. The van der Waals surface area contributed by atoms with Crippen LogP contribution in [0.3, 0.4) is 0 Å². The zero-order valence-corrected chi connectivity index (χ0v) is 15.6. The van der Waals surface area contributed by atoms with Crippen molar-refractivity contribution < 1.29 is 9.53 Å². The van der Waals surface area contributed by atoms with E-state index in [9.17, 15) is 4.79 Å². The van der Waals surface area contributed by atoms with Gasteiger partial charge in [0.05, 0.1) is 12.9 Å². The molecule has 0 saturated heterocycles. The van der Waals surface area contributed by atoms with Crippen molar-refractivity contribution >= 4 is 50.2 Å². The highest BCUT2D eigenvalue weighted by molar-refractivity contribution is 8.00. The summed E-state index contributed by atoms with van der Waals surface area (Å²) in [5.74, 6) is 0.907. The zero-order valence-electron chi connectivity index (χ0n) is 14.0. The van der Waals surface area contributed by atoms with Crippen LogP contribution in [0, 0.1) is 0 Å². The second-order valence-electron chi connectivity index (χ2n) is 5.29. The molecule has 0 radical (unpaired) electrons. The van der Waals surface area contributed by atoms with E-state index >= 15 is 0 Å². The first-order chi connectivity index (χ1) is 12.1. The maximum absolute atomic E-state index is 12.2. The molecule has 3 rings (SSSR count). The predicted molar refractivity (Wildman–Crippen MR) is 102 cm³/mol. The van der Waals surface area contributed by atoms with E-state index < -0.39 is 0 Å². The fourth-order valence-electron chi connectivity index (χ4n) is 2.02. The molecule has 2 aromatic heterocycles. The standard InChI is InChI=1S/C16H17N5O2S2/c1-21(2)16-20-14-13(25-16)15(18-9-17-14)24-8-12(22)19-10-4-6-11(23-3)7-5-10/h4-7,9H,8H2,1-3H3,(H,19,22). The molecule has 0 aliphatic heterocycles. The summed E-state index contributed by atoms with van der Waals surface area (Å²) in [6, 6.07) is 7.21. The second kappa shape index (κ2) is 7.66. The number of aromatic nitrogens is 3. The number of carbonyl (C=O) groups excluding carboxylic acids is 1. The Balaban J connectivity index is 1.66. The van der Waals surface area contributed by atoms with Crippen molar-refractivity contribution in [1.82, 2.24) is 15.0 Å². The van der Waals surface area contributed by atoms with Crippen molar-refractivity contribution in [2.45, 2.75) is 5.03 Å². The molecule has 9 heteroatoms. The van der Waals surface area contributed by atoms with Crippen molar-refractivity contribution in [3.63, 3.8) is 0 Å². The van der Waals surface area contributed by atoms with Gasteiger partial charge in [-0.05, 0) is 24.3 Å². The highest BCUT2D eigenvalue weighted by Gasteiger charge is 2.13. The topological polar surface area (TPSA) is 80.2 Å². The van der Waals surface area contributed by atoms with Gasteiger partial charge in [-0.15, -0.1) is 0 Å². The predicted octanol–water partition coefficient (Wildman–Crippen LogP) is 2.89. The molecular formula is C16H17N5O2S2. The summed E-state index contributed by atoms with van der Waals surface area (Å²) < 4.78 is 6.00. The van der Waals surface area contributed by atoms with Crippen LogP contribution in [0.25, 0.3) is 10.3 Å². The van der Waals surface area contributed by atoms with E-state index in [-0.39, 0.29) is 11.7 Å². The first-order valence-electron chi connectivity index (χ1n) is 7.42. The number of thiazole rings is 1. The van der Waals surface area contributed by atoms with Crippen LogP contribution in [-0.2, 0) is 4.79 Å². The summed E-state index contributed by atoms with van der Waals surface area (Å²) in [6.07, 6.45) is 1.48. The number of methoxy groups -OCH3 is 1. The Bertz CT molecular complexity index is 880. The van der Waals surface area contributed by atoms with E-state index in [1.165, 1.54) is 29.4 Å². The van der Waals surface area contributed by atoms with Gasteiger partial charge in [0.25, 0.3) is 0 Å². The van der Waals surface area contributed by atoms with E-state index in [1.54, 1.807) is 31.4 Å². The SMILES string of the molecule is COc1ccc(NC(=O)CSc2ncnc3nc(N(C)C)sc23)cc1. The summed E-state index contributed by atoms with van der Waals surface area (Å²) >= 11 is 2.89. The van der Waals surface area contributed by atoms with Crippen LogP contribution in [0.4, 0.5) is 10.8 Å². The van der Waals surface area contributed by atoms with Crippen LogP contribution >= 0.6 is 23.1 Å². The molecule has 130 valence electrons. The second-order valence-corrected chi connectivity index (χ2v) is 7.23. The molecule has 25 heavy (non-hydrogen) atoms. The number of anilines is 2. The van der Waals surface area contributed by atoms with Crippen LogP contribution in [0.15, 0.2) is 35.6 Å². The molecule has 1 aromatic carbocycles. The summed E-state index contributed by atoms with van der Waals surface area (Å²) in [6.45, 7) is 0.